The van der Waals surface area contributed by atoms with E-state index in [0.717, 1.165) is 0 Å². The van der Waals surface area contributed by atoms with Gasteiger partial charge < -0.3 is 20.1 Å². The molecular weight excluding hydrogens is 251 g/mol. The summed E-state index contributed by atoms with van der Waals surface area (Å²) in [6, 6.07) is 0. The zero-order valence-corrected chi connectivity index (χ0v) is 7.22. The van der Waals surface area contributed by atoms with Crippen molar-refractivity contribution in [1.82, 2.24) is 0 Å². The van der Waals surface area contributed by atoms with Crippen LogP contribution in [0.5, 0.6) is 0 Å². The van der Waals surface area contributed by atoms with E-state index in [0.29, 0.717) is 4.11 Å². The maximum atomic E-state index is 9.07. The molecule has 1 heterocycles. The van der Waals surface area contributed by atoms with Gasteiger partial charge in [-0.1, -0.05) is 0 Å². The van der Waals surface area contributed by atoms with Gasteiger partial charge in [0.2, 0.25) is 0 Å². The molecular formula is C5H8IO4. The minimum atomic E-state index is -0.989. The van der Waals surface area contributed by atoms with Crippen LogP contribution in [0.2, 0.25) is 0 Å². The third kappa shape index (κ3) is 1.42. The average Bonchev–Trinajstić information content (AvgIpc) is 2.17. The average molecular weight is 259 g/mol. The van der Waals surface area contributed by atoms with Crippen molar-refractivity contribution >= 4 is 22.6 Å². The summed E-state index contributed by atoms with van der Waals surface area (Å²) in [7, 11) is 0. The normalized spacial score (nSPS) is 42.6. The van der Waals surface area contributed by atoms with Gasteiger partial charge in [0.05, 0.1) is 6.61 Å². The minimum Gasteiger partial charge on any atom is -0.394 e. The number of aliphatic hydroxyl groups is 3. The van der Waals surface area contributed by atoms with Crippen molar-refractivity contribution in [2.24, 2.45) is 0 Å². The third-order valence-corrected chi connectivity index (χ3v) is 2.27. The molecule has 0 aromatic heterocycles. The Bertz CT molecular complexity index is 120. The van der Waals surface area contributed by atoms with Gasteiger partial charge in [0.25, 0.3) is 0 Å². The van der Waals surface area contributed by atoms with Crippen LogP contribution in [-0.2, 0) is 4.74 Å². The van der Waals surface area contributed by atoms with Crippen LogP contribution in [0, 0.1) is 4.11 Å². The van der Waals surface area contributed by atoms with Crippen LogP contribution in [-0.4, -0.2) is 40.2 Å². The molecule has 3 N–H and O–H groups in total. The quantitative estimate of drug-likeness (QED) is 0.529. The summed E-state index contributed by atoms with van der Waals surface area (Å²) < 4.78 is 5.23. The number of rotatable bonds is 1. The number of halogens is 1. The molecule has 0 aliphatic carbocycles. The van der Waals surface area contributed by atoms with Gasteiger partial charge >= 0.3 is 0 Å². The first-order chi connectivity index (χ1) is 4.66. The number of hydrogen-bond acceptors (Lipinski definition) is 4. The maximum absolute atomic E-state index is 9.07. The molecule has 1 fully saturated rings. The van der Waals surface area contributed by atoms with Crippen molar-refractivity contribution in [3.8, 4) is 0 Å². The highest BCUT2D eigenvalue weighted by molar-refractivity contribution is 14.1. The predicted octanol–water partition coefficient (Wildman–Crippen LogP) is -0.976. The van der Waals surface area contributed by atoms with Crippen molar-refractivity contribution in [1.29, 1.82) is 0 Å². The van der Waals surface area contributed by atoms with Crippen molar-refractivity contribution in [2.45, 2.75) is 18.3 Å². The van der Waals surface area contributed by atoms with Gasteiger partial charge in [0.1, 0.15) is 18.3 Å². The van der Waals surface area contributed by atoms with Crippen molar-refractivity contribution in [3.05, 3.63) is 4.11 Å². The van der Waals surface area contributed by atoms with Gasteiger partial charge in [-0.3, -0.25) is 0 Å². The van der Waals surface area contributed by atoms with E-state index >= 15 is 0 Å². The Balaban J connectivity index is 2.53. The Kier molecular flexibility index (Phi) is 2.87. The standard InChI is InChI=1S/C5H8IO4/c6-5-4(9)3(8)2(1-7)10-5/h2-4,7-9H,1H2/t2-,3-,4-/m1/s1. The second kappa shape index (κ2) is 3.31. The van der Waals surface area contributed by atoms with E-state index in [-0.39, 0.29) is 6.61 Å². The molecule has 1 aliphatic heterocycles. The molecule has 59 valence electrons. The van der Waals surface area contributed by atoms with Crippen LogP contribution < -0.4 is 0 Å². The van der Waals surface area contributed by atoms with Crippen molar-refractivity contribution in [2.75, 3.05) is 6.61 Å². The lowest BCUT2D eigenvalue weighted by Gasteiger charge is -2.09. The van der Waals surface area contributed by atoms with Gasteiger partial charge in [-0.05, 0) is 22.6 Å². The lowest BCUT2D eigenvalue weighted by Crippen LogP contribution is -2.31. The van der Waals surface area contributed by atoms with E-state index in [1.807, 2.05) is 0 Å². The summed E-state index contributed by atoms with van der Waals surface area (Å²) in [5.41, 5.74) is 0. The molecule has 3 atom stereocenters. The highest BCUT2D eigenvalue weighted by Crippen LogP contribution is 2.31. The smallest absolute Gasteiger partial charge is 0.188 e. The molecule has 1 saturated heterocycles. The Labute approximate surface area is 72.0 Å². The molecule has 0 spiro atoms. The van der Waals surface area contributed by atoms with Gasteiger partial charge in [-0.2, -0.15) is 0 Å². The van der Waals surface area contributed by atoms with Crippen LogP contribution in [0.25, 0.3) is 0 Å². The molecule has 0 aromatic rings. The summed E-state index contributed by atoms with van der Waals surface area (Å²) in [6.45, 7) is -0.273. The summed E-state index contributed by atoms with van der Waals surface area (Å²) in [4.78, 5) is 0. The first-order valence-electron chi connectivity index (χ1n) is 2.83. The van der Waals surface area contributed by atoms with E-state index in [4.69, 9.17) is 20.1 Å². The molecule has 0 amide bonds. The van der Waals surface area contributed by atoms with E-state index in [9.17, 15) is 0 Å². The maximum Gasteiger partial charge on any atom is 0.188 e. The third-order valence-electron chi connectivity index (χ3n) is 1.38. The van der Waals surface area contributed by atoms with Gasteiger partial charge in [-0.15, -0.1) is 0 Å². The van der Waals surface area contributed by atoms with Crippen LogP contribution in [0.15, 0.2) is 0 Å². The van der Waals surface area contributed by atoms with Crippen LogP contribution in [0.3, 0.4) is 0 Å². The number of aliphatic hydroxyl groups excluding tert-OH is 3. The monoisotopic (exact) mass is 259 g/mol. The fraction of sp³-hybridized carbons (Fsp3) is 0.800. The van der Waals surface area contributed by atoms with E-state index in [1.54, 1.807) is 22.6 Å². The largest absolute Gasteiger partial charge is 0.394 e. The highest BCUT2D eigenvalue weighted by Gasteiger charge is 2.41. The fourth-order valence-electron chi connectivity index (χ4n) is 0.767. The Morgan fingerprint density at radius 1 is 1.50 bits per heavy atom. The fourth-order valence-corrected chi connectivity index (χ4v) is 1.46. The van der Waals surface area contributed by atoms with Crippen molar-refractivity contribution < 1.29 is 20.1 Å². The summed E-state index contributed by atoms with van der Waals surface area (Å²) in [6.07, 6.45) is -2.61. The van der Waals surface area contributed by atoms with E-state index in [1.165, 1.54) is 0 Å². The first kappa shape index (κ1) is 8.66. The molecule has 0 saturated carbocycles. The second-order valence-electron chi connectivity index (χ2n) is 2.08. The SMILES string of the molecule is OC[C@H]1O[C](I)[C@H](O)[C@@H]1O. The lowest BCUT2D eigenvalue weighted by atomic mass is 10.2. The molecule has 1 rings (SSSR count). The van der Waals surface area contributed by atoms with Gasteiger partial charge in [0.15, 0.2) is 4.11 Å². The molecule has 0 unspecified atom stereocenters. The Morgan fingerprint density at radius 2 is 2.10 bits per heavy atom. The van der Waals surface area contributed by atoms with E-state index < -0.39 is 18.3 Å². The summed E-state index contributed by atoms with van der Waals surface area (Å²) in [5.74, 6) is 0. The van der Waals surface area contributed by atoms with Crippen LogP contribution in [0.4, 0.5) is 0 Å². The van der Waals surface area contributed by atoms with Crippen LogP contribution in [0.1, 0.15) is 0 Å². The Hall–Kier alpha value is 0.570. The molecule has 10 heavy (non-hydrogen) atoms. The first-order valence-corrected chi connectivity index (χ1v) is 3.90. The minimum absolute atomic E-state index is 0.273. The highest BCUT2D eigenvalue weighted by atomic mass is 127. The van der Waals surface area contributed by atoms with Gasteiger partial charge in [0, 0.05) is 0 Å². The molecule has 4 nitrogen and oxygen atoms in total. The van der Waals surface area contributed by atoms with Crippen LogP contribution >= 0.6 is 22.6 Å². The zero-order valence-electron chi connectivity index (χ0n) is 5.07. The molecule has 0 bridgehead atoms. The molecule has 1 radical (unpaired) electrons. The van der Waals surface area contributed by atoms with Gasteiger partial charge in [-0.25, -0.2) is 0 Å². The molecule has 1 aliphatic rings. The summed E-state index contributed by atoms with van der Waals surface area (Å²) >= 11 is 1.79. The molecule has 5 heteroatoms. The predicted molar refractivity (Wildman–Crippen MR) is 41.2 cm³/mol. The summed E-state index contributed by atoms with van der Waals surface area (Å²) in [5, 5.41) is 26.7. The topological polar surface area (TPSA) is 69.9 Å². The lowest BCUT2D eigenvalue weighted by molar-refractivity contribution is -0.00340. The van der Waals surface area contributed by atoms with Crippen molar-refractivity contribution in [3.63, 3.8) is 0 Å². The Morgan fingerprint density at radius 3 is 2.30 bits per heavy atom. The van der Waals surface area contributed by atoms with E-state index in [2.05, 4.69) is 0 Å². The number of ether oxygens (including phenoxy) is 1. The molecule has 0 aromatic carbocycles. The number of hydrogen-bond donors (Lipinski definition) is 3. The second-order valence-corrected chi connectivity index (χ2v) is 3.14. The zero-order chi connectivity index (χ0) is 7.72.